The highest BCUT2D eigenvalue weighted by Crippen LogP contribution is 2.19. The monoisotopic (exact) mass is 462 g/mol. The molecule has 0 bridgehead atoms. The SMILES string of the molecule is CCOC(=O)C1CCCN(C(=O)c2nn(-c3ccccc3)c(=O)n(Cc3ccccc3)c2=O)C1. The van der Waals surface area contributed by atoms with Crippen LogP contribution in [0.15, 0.2) is 70.3 Å². The van der Waals surface area contributed by atoms with Gasteiger partial charge in [0.1, 0.15) is 0 Å². The van der Waals surface area contributed by atoms with Gasteiger partial charge in [-0.15, -0.1) is 0 Å². The standard InChI is InChI=1S/C25H26N4O5/c1-2-34-24(32)19-12-9-15-27(17-19)22(30)21-23(31)28(16-18-10-5-3-6-11-18)25(33)29(26-21)20-13-7-4-8-14-20/h3-8,10-11,13-14,19H,2,9,12,15-17H2,1H3. The van der Waals surface area contributed by atoms with Crippen molar-refractivity contribution in [1.29, 1.82) is 0 Å². The molecule has 1 aliphatic heterocycles. The van der Waals surface area contributed by atoms with Crippen molar-refractivity contribution in [3.8, 4) is 5.69 Å². The summed E-state index contributed by atoms with van der Waals surface area (Å²) in [4.78, 5) is 53.7. The molecule has 1 amide bonds. The molecule has 0 radical (unpaired) electrons. The molecule has 1 aliphatic rings. The number of esters is 1. The highest BCUT2D eigenvalue weighted by Gasteiger charge is 2.32. The van der Waals surface area contributed by atoms with Crippen LogP contribution < -0.4 is 11.2 Å². The quantitative estimate of drug-likeness (QED) is 0.518. The van der Waals surface area contributed by atoms with Crippen molar-refractivity contribution in [2.75, 3.05) is 19.7 Å². The van der Waals surface area contributed by atoms with Crippen LogP contribution in [0.4, 0.5) is 0 Å². The topological polar surface area (TPSA) is 104 Å². The Morgan fingerprint density at radius 2 is 1.71 bits per heavy atom. The van der Waals surface area contributed by atoms with E-state index in [1.165, 1.54) is 4.90 Å². The molecular weight excluding hydrogens is 436 g/mol. The van der Waals surface area contributed by atoms with Crippen molar-refractivity contribution >= 4 is 11.9 Å². The fraction of sp³-hybridized carbons (Fsp3) is 0.320. The number of carbonyl (C=O) groups is 2. The first-order valence-electron chi connectivity index (χ1n) is 11.3. The molecule has 0 saturated carbocycles. The van der Waals surface area contributed by atoms with Gasteiger partial charge < -0.3 is 9.64 Å². The molecular formula is C25H26N4O5. The molecule has 9 heteroatoms. The molecule has 3 aromatic rings. The Bertz CT molecular complexity index is 1280. The number of hydrogen-bond donors (Lipinski definition) is 0. The summed E-state index contributed by atoms with van der Waals surface area (Å²) < 4.78 is 7.21. The largest absolute Gasteiger partial charge is 0.466 e. The molecule has 0 spiro atoms. The summed E-state index contributed by atoms with van der Waals surface area (Å²) in [5, 5.41) is 4.19. The number of nitrogens with zero attached hydrogens (tertiary/aromatic N) is 4. The first-order valence-corrected chi connectivity index (χ1v) is 11.3. The van der Waals surface area contributed by atoms with Gasteiger partial charge in [-0.1, -0.05) is 48.5 Å². The summed E-state index contributed by atoms with van der Waals surface area (Å²) in [6.45, 7) is 2.52. The van der Waals surface area contributed by atoms with Crippen LogP contribution in [0.1, 0.15) is 35.8 Å². The zero-order valence-electron chi connectivity index (χ0n) is 18.9. The van der Waals surface area contributed by atoms with Crippen molar-refractivity contribution in [3.05, 3.63) is 92.8 Å². The number of aromatic nitrogens is 3. The molecule has 1 unspecified atom stereocenters. The van der Waals surface area contributed by atoms with E-state index < -0.39 is 23.1 Å². The van der Waals surface area contributed by atoms with Gasteiger partial charge in [0.25, 0.3) is 11.5 Å². The molecule has 1 fully saturated rings. The van der Waals surface area contributed by atoms with Gasteiger partial charge in [-0.3, -0.25) is 19.0 Å². The van der Waals surface area contributed by atoms with E-state index in [-0.39, 0.29) is 31.4 Å². The molecule has 1 aromatic heterocycles. The molecule has 9 nitrogen and oxygen atoms in total. The van der Waals surface area contributed by atoms with Gasteiger partial charge in [0.2, 0.25) is 5.69 Å². The maximum atomic E-state index is 13.4. The minimum absolute atomic E-state index is 0.000406. The van der Waals surface area contributed by atoms with Crippen LogP contribution in [-0.2, 0) is 16.1 Å². The second-order valence-electron chi connectivity index (χ2n) is 8.10. The minimum atomic E-state index is -0.760. The zero-order chi connectivity index (χ0) is 24.1. The van der Waals surface area contributed by atoms with Crippen LogP contribution in [0.2, 0.25) is 0 Å². The zero-order valence-corrected chi connectivity index (χ0v) is 18.9. The van der Waals surface area contributed by atoms with E-state index >= 15 is 0 Å². The number of ether oxygens (including phenoxy) is 1. The van der Waals surface area contributed by atoms with Crippen LogP contribution in [-0.4, -0.2) is 50.8 Å². The van der Waals surface area contributed by atoms with Crippen LogP contribution in [0, 0.1) is 5.92 Å². The maximum Gasteiger partial charge on any atom is 0.352 e. The number of piperidine rings is 1. The van der Waals surface area contributed by atoms with Gasteiger partial charge in [-0.2, -0.15) is 9.78 Å². The first kappa shape index (κ1) is 23.2. The summed E-state index contributed by atoms with van der Waals surface area (Å²) in [6.07, 6.45) is 1.21. The third kappa shape index (κ3) is 4.83. The fourth-order valence-corrected chi connectivity index (χ4v) is 4.06. The van der Waals surface area contributed by atoms with E-state index in [2.05, 4.69) is 5.10 Å². The number of benzene rings is 2. The van der Waals surface area contributed by atoms with Gasteiger partial charge in [0.05, 0.1) is 24.8 Å². The van der Waals surface area contributed by atoms with E-state index in [4.69, 9.17) is 4.74 Å². The Balaban J connectivity index is 1.76. The lowest BCUT2D eigenvalue weighted by Gasteiger charge is -2.31. The van der Waals surface area contributed by atoms with Crippen molar-refractivity contribution in [1.82, 2.24) is 19.2 Å². The minimum Gasteiger partial charge on any atom is -0.466 e. The predicted molar refractivity (Wildman–Crippen MR) is 125 cm³/mol. The average Bonchev–Trinajstić information content (AvgIpc) is 2.87. The molecule has 1 saturated heterocycles. The molecule has 34 heavy (non-hydrogen) atoms. The predicted octanol–water partition coefficient (Wildman–Crippen LogP) is 1.86. The summed E-state index contributed by atoms with van der Waals surface area (Å²) >= 11 is 0. The summed E-state index contributed by atoms with van der Waals surface area (Å²) in [7, 11) is 0. The van der Waals surface area contributed by atoms with Gasteiger partial charge in [-0.25, -0.2) is 4.79 Å². The summed E-state index contributed by atoms with van der Waals surface area (Å²) in [6, 6.07) is 17.7. The third-order valence-electron chi connectivity index (χ3n) is 5.78. The lowest BCUT2D eigenvalue weighted by molar-refractivity contribution is -0.149. The lowest BCUT2D eigenvalue weighted by atomic mass is 9.98. The van der Waals surface area contributed by atoms with Gasteiger partial charge in [0, 0.05) is 13.1 Å². The van der Waals surface area contributed by atoms with Gasteiger partial charge in [0.15, 0.2) is 0 Å². The van der Waals surface area contributed by atoms with Crippen LogP contribution in [0.3, 0.4) is 0 Å². The highest BCUT2D eigenvalue weighted by atomic mass is 16.5. The van der Waals surface area contributed by atoms with Crippen molar-refractivity contribution < 1.29 is 14.3 Å². The number of hydrogen-bond acceptors (Lipinski definition) is 6. The average molecular weight is 463 g/mol. The van der Waals surface area contributed by atoms with E-state index in [0.29, 0.717) is 25.1 Å². The van der Waals surface area contributed by atoms with E-state index in [0.717, 1.165) is 14.8 Å². The van der Waals surface area contributed by atoms with Crippen molar-refractivity contribution in [3.63, 3.8) is 0 Å². The molecule has 2 aromatic carbocycles. The normalized spacial score (nSPS) is 15.7. The molecule has 2 heterocycles. The highest BCUT2D eigenvalue weighted by molar-refractivity contribution is 5.92. The number of rotatable bonds is 6. The fourth-order valence-electron chi connectivity index (χ4n) is 4.06. The number of likely N-dealkylation sites (tertiary alicyclic amines) is 1. The first-order chi connectivity index (χ1) is 16.5. The number of para-hydroxylation sites is 1. The lowest BCUT2D eigenvalue weighted by Crippen LogP contribution is -2.49. The summed E-state index contributed by atoms with van der Waals surface area (Å²) in [5.41, 5.74) is -0.578. The molecule has 0 aliphatic carbocycles. The van der Waals surface area contributed by atoms with Crippen LogP contribution >= 0.6 is 0 Å². The molecule has 4 rings (SSSR count). The molecule has 1 atom stereocenters. The van der Waals surface area contributed by atoms with E-state index in [9.17, 15) is 19.2 Å². The van der Waals surface area contributed by atoms with E-state index in [1.807, 2.05) is 18.2 Å². The third-order valence-corrected chi connectivity index (χ3v) is 5.78. The smallest absolute Gasteiger partial charge is 0.352 e. The van der Waals surface area contributed by atoms with Crippen LogP contribution in [0.25, 0.3) is 5.69 Å². The number of carbonyl (C=O) groups excluding carboxylic acids is 2. The van der Waals surface area contributed by atoms with Crippen molar-refractivity contribution in [2.24, 2.45) is 5.92 Å². The second kappa shape index (κ2) is 10.3. The molecule has 0 N–H and O–H groups in total. The Labute approximate surface area is 196 Å². The maximum absolute atomic E-state index is 13.4. The van der Waals surface area contributed by atoms with Crippen LogP contribution in [0.5, 0.6) is 0 Å². The summed E-state index contributed by atoms with van der Waals surface area (Å²) in [5.74, 6) is -1.42. The van der Waals surface area contributed by atoms with Gasteiger partial charge in [-0.05, 0) is 37.5 Å². The Morgan fingerprint density at radius 3 is 2.38 bits per heavy atom. The molecule has 176 valence electrons. The van der Waals surface area contributed by atoms with Crippen molar-refractivity contribution in [2.45, 2.75) is 26.3 Å². The Kier molecular flexibility index (Phi) is 7.01. The van der Waals surface area contributed by atoms with E-state index in [1.54, 1.807) is 49.4 Å². The number of amides is 1. The van der Waals surface area contributed by atoms with Gasteiger partial charge >= 0.3 is 11.7 Å². The Hall–Kier alpha value is -4.01. The Morgan fingerprint density at radius 1 is 1.03 bits per heavy atom. The second-order valence-corrected chi connectivity index (χ2v) is 8.10.